The number of hydrogen-bond acceptors (Lipinski definition) is 1. The van der Waals surface area contributed by atoms with E-state index in [9.17, 15) is 18.0 Å². The Bertz CT molecular complexity index is 440. The van der Waals surface area contributed by atoms with E-state index in [0.717, 1.165) is 0 Å². The normalized spacial score (nSPS) is 12.8. The summed E-state index contributed by atoms with van der Waals surface area (Å²) in [6.45, 7) is 0. The summed E-state index contributed by atoms with van der Waals surface area (Å²) in [5, 5.41) is 8.48. The molecule has 1 aromatic carbocycles. The minimum atomic E-state index is -4.59. The summed E-state index contributed by atoms with van der Waals surface area (Å²) < 4.78 is 37.9. The van der Waals surface area contributed by atoms with Crippen LogP contribution in [0, 0.1) is 12.3 Å². The quantitative estimate of drug-likeness (QED) is 0.827. The van der Waals surface area contributed by atoms with Gasteiger partial charge in [0.15, 0.2) is 0 Å². The molecule has 2 nitrogen and oxygen atoms in total. The topological polar surface area (TPSA) is 37.3 Å². The second-order valence-corrected chi connectivity index (χ2v) is 3.46. The lowest BCUT2D eigenvalue weighted by molar-refractivity contribution is -0.163. The van der Waals surface area contributed by atoms with Crippen LogP contribution in [0.3, 0.4) is 0 Å². The third-order valence-electron chi connectivity index (χ3n) is 2.25. The van der Waals surface area contributed by atoms with E-state index < -0.39 is 24.5 Å². The van der Waals surface area contributed by atoms with Crippen molar-refractivity contribution >= 4 is 5.97 Å². The Morgan fingerprint density at radius 2 is 1.88 bits per heavy atom. The Kier molecular flexibility index (Phi) is 3.79. The van der Waals surface area contributed by atoms with Crippen molar-refractivity contribution in [3.05, 3.63) is 35.4 Å². The number of carbonyl (C=O) groups is 1. The monoisotopic (exact) mass is 242 g/mol. The number of benzene rings is 1. The van der Waals surface area contributed by atoms with Crippen LogP contribution in [0.1, 0.15) is 23.5 Å². The van der Waals surface area contributed by atoms with Crippen molar-refractivity contribution in [1.82, 2.24) is 0 Å². The molecule has 0 aliphatic heterocycles. The van der Waals surface area contributed by atoms with Crippen molar-refractivity contribution in [2.24, 2.45) is 0 Å². The highest BCUT2D eigenvalue weighted by molar-refractivity contribution is 5.68. The molecule has 0 saturated carbocycles. The second-order valence-electron chi connectivity index (χ2n) is 3.46. The first-order chi connectivity index (χ1) is 7.84. The Labute approximate surface area is 96.1 Å². The molecule has 0 amide bonds. The van der Waals surface area contributed by atoms with Gasteiger partial charge in [-0.1, -0.05) is 18.1 Å². The van der Waals surface area contributed by atoms with E-state index in [2.05, 4.69) is 5.92 Å². The fourth-order valence-electron chi connectivity index (χ4n) is 1.41. The highest BCUT2D eigenvalue weighted by Gasteiger charge is 2.41. The summed E-state index contributed by atoms with van der Waals surface area (Å²) in [6.07, 6.45) is -0.498. The highest BCUT2D eigenvalue weighted by Crippen LogP contribution is 2.37. The molecule has 1 unspecified atom stereocenters. The smallest absolute Gasteiger partial charge is 0.396 e. The molecule has 90 valence electrons. The molecule has 1 aromatic rings. The lowest BCUT2D eigenvalue weighted by atomic mass is 9.94. The number of aliphatic carboxylic acids is 1. The van der Waals surface area contributed by atoms with Crippen LogP contribution >= 0.6 is 0 Å². The molecular weight excluding hydrogens is 233 g/mol. The minimum absolute atomic E-state index is 0.0982. The molecule has 1 rings (SSSR count). The molecule has 0 aliphatic carbocycles. The largest absolute Gasteiger partial charge is 0.481 e. The van der Waals surface area contributed by atoms with Crippen LogP contribution in [-0.2, 0) is 4.79 Å². The van der Waals surface area contributed by atoms with Crippen molar-refractivity contribution in [1.29, 1.82) is 0 Å². The Balaban J connectivity index is 3.05. The summed E-state index contributed by atoms with van der Waals surface area (Å²) in [7, 11) is 0. The summed E-state index contributed by atoms with van der Waals surface area (Å²) in [4.78, 5) is 10.4. The van der Waals surface area contributed by atoms with Crippen molar-refractivity contribution in [2.45, 2.75) is 18.5 Å². The zero-order valence-corrected chi connectivity index (χ0v) is 8.66. The third kappa shape index (κ3) is 3.52. The van der Waals surface area contributed by atoms with Gasteiger partial charge in [-0.25, -0.2) is 0 Å². The lowest BCUT2D eigenvalue weighted by Gasteiger charge is -2.18. The molecular formula is C12H9F3O2. The van der Waals surface area contributed by atoms with Gasteiger partial charge in [-0.15, -0.1) is 6.42 Å². The SMILES string of the molecule is C#Cc1ccc(C(CC(=O)O)C(F)(F)F)cc1. The van der Waals surface area contributed by atoms with E-state index >= 15 is 0 Å². The number of halogens is 3. The molecule has 17 heavy (non-hydrogen) atoms. The van der Waals surface area contributed by atoms with Crippen LogP contribution < -0.4 is 0 Å². The van der Waals surface area contributed by atoms with Gasteiger partial charge in [0.05, 0.1) is 12.3 Å². The Morgan fingerprint density at radius 1 is 1.35 bits per heavy atom. The fourth-order valence-corrected chi connectivity index (χ4v) is 1.41. The first-order valence-corrected chi connectivity index (χ1v) is 4.69. The van der Waals surface area contributed by atoms with Gasteiger partial charge in [-0.3, -0.25) is 4.79 Å². The molecule has 0 radical (unpaired) electrons. The molecule has 0 saturated heterocycles. The van der Waals surface area contributed by atoms with E-state index in [1.54, 1.807) is 0 Å². The molecule has 5 heteroatoms. The predicted molar refractivity (Wildman–Crippen MR) is 55.4 cm³/mol. The van der Waals surface area contributed by atoms with Gasteiger partial charge < -0.3 is 5.11 Å². The van der Waals surface area contributed by atoms with Gasteiger partial charge in [0.2, 0.25) is 0 Å². The first kappa shape index (κ1) is 13.1. The molecule has 0 aromatic heterocycles. The van der Waals surface area contributed by atoms with Crippen LogP contribution in [0.25, 0.3) is 0 Å². The van der Waals surface area contributed by atoms with E-state index in [0.29, 0.717) is 5.56 Å². The highest BCUT2D eigenvalue weighted by atomic mass is 19.4. The molecule has 0 fully saturated rings. The molecule has 1 atom stereocenters. The van der Waals surface area contributed by atoms with Gasteiger partial charge in [-0.2, -0.15) is 13.2 Å². The lowest BCUT2D eigenvalue weighted by Crippen LogP contribution is -2.23. The molecule has 1 N–H and O–H groups in total. The summed E-state index contributed by atoms with van der Waals surface area (Å²) in [5.41, 5.74) is 0.351. The zero-order chi connectivity index (χ0) is 13.1. The summed E-state index contributed by atoms with van der Waals surface area (Å²) in [5.74, 6) is -1.22. The van der Waals surface area contributed by atoms with Gasteiger partial charge >= 0.3 is 12.1 Å². The van der Waals surface area contributed by atoms with E-state index in [-0.39, 0.29) is 5.56 Å². The average molecular weight is 242 g/mol. The van der Waals surface area contributed by atoms with E-state index in [1.165, 1.54) is 24.3 Å². The van der Waals surface area contributed by atoms with Crippen LogP contribution in [0.4, 0.5) is 13.2 Å². The standard InChI is InChI=1S/C12H9F3O2/c1-2-8-3-5-9(6-4-8)10(7-11(16)17)12(13,14)15/h1,3-6,10H,7H2,(H,16,17). The van der Waals surface area contributed by atoms with Crippen molar-refractivity contribution in [3.63, 3.8) is 0 Å². The first-order valence-electron chi connectivity index (χ1n) is 4.69. The maximum atomic E-state index is 12.6. The zero-order valence-electron chi connectivity index (χ0n) is 8.66. The van der Waals surface area contributed by atoms with Crippen molar-refractivity contribution < 1.29 is 23.1 Å². The maximum absolute atomic E-state index is 12.6. The van der Waals surface area contributed by atoms with Crippen LogP contribution in [0.15, 0.2) is 24.3 Å². The van der Waals surface area contributed by atoms with Crippen LogP contribution in [0.2, 0.25) is 0 Å². The maximum Gasteiger partial charge on any atom is 0.396 e. The van der Waals surface area contributed by atoms with Crippen molar-refractivity contribution in [2.75, 3.05) is 0 Å². The van der Waals surface area contributed by atoms with Crippen LogP contribution in [-0.4, -0.2) is 17.3 Å². The summed E-state index contributed by atoms with van der Waals surface area (Å²) >= 11 is 0. The van der Waals surface area contributed by atoms with E-state index in [4.69, 9.17) is 11.5 Å². The van der Waals surface area contributed by atoms with Crippen LogP contribution in [0.5, 0.6) is 0 Å². The number of rotatable bonds is 3. The van der Waals surface area contributed by atoms with E-state index in [1.807, 2.05) is 0 Å². The number of terminal acetylenes is 1. The van der Waals surface area contributed by atoms with Gasteiger partial charge in [0.1, 0.15) is 0 Å². The fraction of sp³-hybridized carbons (Fsp3) is 0.250. The van der Waals surface area contributed by atoms with Gasteiger partial charge in [-0.05, 0) is 17.7 Å². The minimum Gasteiger partial charge on any atom is -0.481 e. The van der Waals surface area contributed by atoms with Crippen molar-refractivity contribution in [3.8, 4) is 12.3 Å². The molecule has 0 aliphatic rings. The Morgan fingerprint density at radius 3 is 2.24 bits per heavy atom. The summed E-state index contributed by atoms with van der Waals surface area (Å²) in [6, 6.07) is 5.12. The van der Waals surface area contributed by atoms with Gasteiger partial charge in [0.25, 0.3) is 0 Å². The molecule has 0 spiro atoms. The number of carboxylic acids is 1. The number of hydrogen-bond donors (Lipinski definition) is 1. The van der Waals surface area contributed by atoms with Gasteiger partial charge in [0, 0.05) is 5.56 Å². The molecule has 0 bridgehead atoms. The second kappa shape index (κ2) is 4.91. The number of carboxylic acid groups (broad SMARTS) is 1. The average Bonchev–Trinajstić information content (AvgIpc) is 2.24. The molecule has 0 heterocycles. The number of alkyl halides is 3. The predicted octanol–water partition coefficient (Wildman–Crippen LogP) is 2.79. The third-order valence-corrected chi connectivity index (χ3v) is 2.25. The Hall–Kier alpha value is -1.96.